The van der Waals surface area contributed by atoms with Crippen molar-refractivity contribution in [2.75, 3.05) is 7.05 Å². The third-order valence-corrected chi connectivity index (χ3v) is 2.89. The molecule has 2 aromatic rings. The summed E-state index contributed by atoms with van der Waals surface area (Å²) >= 11 is 5.89. The first-order valence-electron chi connectivity index (χ1n) is 5.64. The van der Waals surface area contributed by atoms with Gasteiger partial charge in [-0.1, -0.05) is 23.7 Å². The number of H-pyrrole nitrogens is 1. The van der Waals surface area contributed by atoms with Gasteiger partial charge >= 0.3 is 5.82 Å². The van der Waals surface area contributed by atoms with Crippen LogP contribution in [0.15, 0.2) is 41.5 Å². The molecule has 0 bridgehead atoms. The van der Waals surface area contributed by atoms with Crippen LogP contribution in [-0.2, 0) is 0 Å². The maximum absolute atomic E-state index is 5.89. The summed E-state index contributed by atoms with van der Waals surface area (Å²) < 4.78 is 1.53. The lowest BCUT2D eigenvalue weighted by atomic mass is 10.1. The molecule has 4 N–H and O–H groups in total. The predicted octanol–water partition coefficient (Wildman–Crippen LogP) is 2.13. The first-order chi connectivity index (χ1) is 9.11. The van der Waals surface area contributed by atoms with E-state index < -0.39 is 0 Å². The number of nitrogens with zero attached hydrogens (tertiary/aromatic N) is 2. The molecule has 0 aliphatic heterocycles. The van der Waals surface area contributed by atoms with Gasteiger partial charge in [0.05, 0.1) is 18.5 Å². The van der Waals surface area contributed by atoms with Crippen LogP contribution < -0.4 is 11.2 Å². The molecule has 0 aliphatic rings. The lowest BCUT2D eigenvalue weighted by Crippen LogP contribution is -2.37. The van der Waals surface area contributed by atoms with Gasteiger partial charge in [0, 0.05) is 12.1 Å². The molecule has 98 valence electrons. The van der Waals surface area contributed by atoms with Crippen LogP contribution in [0.1, 0.15) is 0 Å². The van der Waals surface area contributed by atoms with Gasteiger partial charge in [0.15, 0.2) is 0 Å². The van der Waals surface area contributed by atoms with E-state index in [1.54, 1.807) is 7.05 Å². The topological polar surface area (TPSA) is 69.2 Å². The standard InChI is InChI=1S/C13H15ClN5/c1-16-13(15)18-19(2)12-11(7-8-17-12)9-3-5-10(14)6-4-9/h3-8,17H,2H2,1H3,(H3,15,16,18)/q+1. The Balaban J connectivity index is 2.32. The summed E-state index contributed by atoms with van der Waals surface area (Å²) in [4.78, 5) is 6.93. The van der Waals surface area contributed by atoms with Crippen LogP contribution in [0.25, 0.3) is 11.1 Å². The van der Waals surface area contributed by atoms with E-state index in [4.69, 9.17) is 17.3 Å². The Morgan fingerprint density at radius 3 is 2.68 bits per heavy atom. The number of aromatic nitrogens is 1. The molecule has 0 aliphatic carbocycles. The number of halogens is 1. The Labute approximate surface area is 116 Å². The van der Waals surface area contributed by atoms with Crippen molar-refractivity contribution in [1.82, 2.24) is 10.4 Å². The highest BCUT2D eigenvalue weighted by molar-refractivity contribution is 6.30. The molecule has 2 rings (SSSR count). The second-order valence-corrected chi connectivity index (χ2v) is 4.33. The number of hydrogen-bond donors (Lipinski definition) is 3. The Morgan fingerprint density at radius 2 is 2.05 bits per heavy atom. The number of nitrogens with one attached hydrogen (secondary N) is 2. The molecule has 5 nitrogen and oxygen atoms in total. The van der Waals surface area contributed by atoms with E-state index >= 15 is 0 Å². The van der Waals surface area contributed by atoms with Gasteiger partial charge in [-0.25, -0.2) is 4.98 Å². The number of aromatic amines is 1. The molecule has 0 amide bonds. The van der Waals surface area contributed by atoms with E-state index in [1.807, 2.05) is 36.5 Å². The summed E-state index contributed by atoms with van der Waals surface area (Å²) in [6.45, 7) is 3.88. The molecule has 0 saturated heterocycles. The maximum atomic E-state index is 5.89. The van der Waals surface area contributed by atoms with E-state index in [0.29, 0.717) is 5.02 Å². The SMILES string of the molecule is C=[N+](NC(N)=NC)c1[nH]ccc1-c1ccc(Cl)cc1. The summed E-state index contributed by atoms with van der Waals surface area (Å²) in [6, 6.07) is 9.53. The first-order valence-corrected chi connectivity index (χ1v) is 6.02. The fraction of sp³-hybridized carbons (Fsp3) is 0.0769. The van der Waals surface area contributed by atoms with Crippen molar-refractivity contribution in [2.24, 2.45) is 10.7 Å². The highest BCUT2D eigenvalue weighted by Crippen LogP contribution is 2.28. The minimum atomic E-state index is 0.284. The zero-order valence-electron chi connectivity index (χ0n) is 10.5. The second kappa shape index (κ2) is 5.58. The van der Waals surface area contributed by atoms with Crippen LogP contribution in [0, 0.1) is 0 Å². The van der Waals surface area contributed by atoms with Crippen LogP contribution in [0.4, 0.5) is 5.82 Å². The van der Waals surface area contributed by atoms with Crippen molar-refractivity contribution in [3.63, 3.8) is 0 Å². The van der Waals surface area contributed by atoms with Crippen LogP contribution in [0.5, 0.6) is 0 Å². The molecule has 1 aromatic heterocycles. The number of benzene rings is 1. The lowest BCUT2D eigenvalue weighted by molar-refractivity contribution is -0.481. The highest BCUT2D eigenvalue weighted by Gasteiger charge is 2.16. The largest absolute Gasteiger partial charge is 0.367 e. The first kappa shape index (κ1) is 13.2. The fourth-order valence-corrected chi connectivity index (χ4v) is 1.82. The maximum Gasteiger partial charge on any atom is 0.310 e. The van der Waals surface area contributed by atoms with Gasteiger partial charge in [-0.15, -0.1) is 4.68 Å². The van der Waals surface area contributed by atoms with Gasteiger partial charge in [0.25, 0.3) is 0 Å². The third-order valence-electron chi connectivity index (χ3n) is 2.64. The van der Waals surface area contributed by atoms with Crippen molar-refractivity contribution in [1.29, 1.82) is 0 Å². The second-order valence-electron chi connectivity index (χ2n) is 3.90. The molecular formula is C13H15ClN5+. The highest BCUT2D eigenvalue weighted by atomic mass is 35.5. The number of hydrazone groups is 1. The van der Waals surface area contributed by atoms with Crippen molar-refractivity contribution in [3.8, 4) is 11.1 Å². The number of rotatable bonds is 3. The molecule has 0 spiro atoms. The van der Waals surface area contributed by atoms with E-state index in [2.05, 4.69) is 22.1 Å². The molecule has 0 unspecified atom stereocenters. The molecule has 1 heterocycles. The third kappa shape index (κ3) is 2.95. The monoisotopic (exact) mass is 276 g/mol. The molecule has 0 saturated carbocycles. The number of nitrogens with two attached hydrogens (primary N) is 1. The molecule has 1 aromatic carbocycles. The lowest BCUT2D eigenvalue weighted by Gasteiger charge is -2.06. The zero-order chi connectivity index (χ0) is 13.8. The average molecular weight is 277 g/mol. The van der Waals surface area contributed by atoms with Gasteiger partial charge in [-0.3, -0.25) is 4.99 Å². The minimum Gasteiger partial charge on any atom is -0.367 e. The van der Waals surface area contributed by atoms with E-state index in [0.717, 1.165) is 16.9 Å². The number of hydrazine groups is 1. The molecule has 0 fully saturated rings. The van der Waals surface area contributed by atoms with Gasteiger partial charge < -0.3 is 5.73 Å². The van der Waals surface area contributed by atoms with Crippen LogP contribution in [0.2, 0.25) is 5.02 Å². The summed E-state index contributed by atoms with van der Waals surface area (Å²) in [6.07, 6.45) is 1.83. The normalized spacial score (nSPS) is 11.4. The minimum absolute atomic E-state index is 0.284. The predicted molar refractivity (Wildman–Crippen MR) is 79.0 cm³/mol. The van der Waals surface area contributed by atoms with E-state index in [9.17, 15) is 0 Å². The van der Waals surface area contributed by atoms with Gasteiger partial charge in [0.1, 0.15) is 0 Å². The van der Waals surface area contributed by atoms with E-state index in [-0.39, 0.29) is 5.96 Å². The van der Waals surface area contributed by atoms with Gasteiger partial charge in [-0.2, -0.15) is 5.43 Å². The quantitative estimate of drug-likeness (QED) is 0.348. The summed E-state index contributed by atoms with van der Waals surface area (Å²) in [7, 11) is 1.60. The number of guanidine groups is 1. The van der Waals surface area contributed by atoms with Gasteiger partial charge in [0.2, 0.25) is 5.96 Å². The molecule has 0 radical (unpaired) electrons. The Kier molecular flexibility index (Phi) is 3.87. The number of aliphatic imine (C=N–C) groups is 1. The van der Waals surface area contributed by atoms with Crippen LogP contribution in [-0.4, -0.2) is 29.4 Å². The Hall–Kier alpha value is -2.27. The van der Waals surface area contributed by atoms with Gasteiger partial charge in [-0.05, 0) is 23.8 Å². The molecular weight excluding hydrogens is 262 g/mol. The van der Waals surface area contributed by atoms with Crippen molar-refractivity contribution < 1.29 is 4.68 Å². The zero-order valence-corrected chi connectivity index (χ0v) is 11.3. The fourth-order valence-electron chi connectivity index (χ4n) is 1.69. The van der Waals surface area contributed by atoms with Crippen LogP contribution in [0.3, 0.4) is 0 Å². The summed E-state index contributed by atoms with van der Waals surface area (Å²) in [5, 5.41) is 0.702. The number of hydrogen-bond acceptors (Lipinski definition) is 1. The van der Waals surface area contributed by atoms with Crippen molar-refractivity contribution in [2.45, 2.75) is 0 Å². The smallest absolute Gasteiger partial charge is 0.310 e. The molecule has 6 heteroatoms. The Morgan fingerprint density at radius 1 is 1.37 bits per heavy atom. The Bertz CT molecular complexity index is 612. The van der Waals surface area contributed by atoms with Crippen molar-refractivity contribution >= 4 is 30.1 Å². The van der Waals surface area contributed by atoms with E-state index in [1.165, 1.54) is 4.68 Å². The molecule has 19 heavy (non-hydrogen) atoms. The van der Waals surface area contributed by atoms with Crippen LogP contribution >= 0.6 is 11.6 Å². The van der Waals surface area contributed by atoms with Crippen molar-refractivity contribution in [3.05, 3.63) is 41.6 Å². The summed E-state index contributed by atoms with van der Waals surface area (Å²) in [5.41, 5.74) is 10.5. The summed E-state index contributed by atoms with van der Waals surface area (Å²) in [5.74, 6) is 1.07. The molecule has 0 atom stereocenters. The average Bonchev–Trinajstić information content (AvgIpc) is 2.88.